The van der Waals surface area contributed by atoms with E-state index in [1.54, 1.807) is 26.8 Å². The van der Waals surface area contributed by atoms with E-state index in [1.165, 1.54) is 18.2 Å². The molecule has 11 heteroatoms. The van der Waals surface area contributed by atoms with E-state index in [1.807, 2.05) is 48.9 Å². The molecule has 2 aromatic heterocycles. The quantitative estimate of drug-likeness (QED) is 0.278. The minimum atomic E-state index is -4.42. The fourth-order valence-electron chi connectivity index (χ4n) is 4.44. The lowest BCUT2D eigenvalue weighted by Crippen LogP contribution is -2.52. The number of halogens is 2. The molecule has 0 radical (unpaired) electrons. The van der Waals surface area contributed by atoms with Crippen molar-refractivity contribution in [1.29, 1.82) is 0 Å². The molecule has 8 nitrogen and oxygen atoms in total. The third kappa shape index (κ3) is 5.23. The van der Waals surface area contributed by atoms with Crippen molar-refractivity contribution in [1.82, 2.24) is 14.8 Å². The van der Waals surface area contributed by atoms with Gasteiger partial charge in [0.05, 0.1) is 21.8 Å². The summed E-state index contributed by atoms with van der Waals surface area (Å²) in [7, 11) is -4.42. The van der Waals surface area contributed by atoms with Crippen LogP contribution < -0.4 is 4.31 Å². The van der Waals surface area contributed by atoms with Gasteiger partial charge in [0.1, 0.15) is 6.04 Å². The molecule has 1 unspecified atom stereocenters. The molecule has 0 bridgehead atoms. The third-order valence-corrected chi connectivity index (χ3v) is 8.41. The molecule has 0 aliphatic heterocycles. The van der Waals surface area contributed by atoms with E-state index in [0.29, 0.717) is 23.2 Å². The minimum absolute atomic E-state index is 0.126. The number of nitrogens with zero attached hydrogens (tertiary/aromatic N) is 4. The van der Waals surface area contributed by atoms with Crippen LogP contribution in [0.4, 0.5) is 5.69 Å². The number of aryl methyl sites for hydroxylation is 2. The summed E-state index contributed by atoms with van der Waals surface area (Å²) in [6, 6.07) is 11.6. The summed E-state index contributed by atoms with van der Waals surface area (Å²) in [4.78, 5) is 12.5. The average molecular weight is 576 g/mol. The van der Waals surface area contributed by atoms with Crippen LogP contribution >= 0.6 is 23.2 Å². The van der Waals surface area contributed by atoms with Gasteiger partial charge in [-0.3, -0.25) is 8.87 Å². The molecule has 4 aromatic rings. The highest BCUT2D eigenvalue weighted by Gasteiger charge is 2.44. The number of aliphatic carboxylic acids is 1. The Hall–Kier alpha value is -3.14. The molecular formula is C27H28Cl2N4O4S. The third-order valence-electron chi connectivity index (χ3n) is 6.22. The molecule has 0 saturated carbocycles. The first-order valence-corrected chi connectivity index (χ1v) is 14.1. The first-order valence-electron chi connectivity index (χ1n) is 11.9. The van der Waals surface area contributed by atoms with Crippen molar-refractivity contribution in [3.8, 4) is 5.82 Å². The zero-order valence-corrected chi connectivity index (χ0v) is 23.9. The zero-order valence-electron chi connectivity index (χ0n) is 21.6. The monoisotopic (exact) mass is 574 g/mol. The SMILES string of the molecule is CCc1cc2c(ccn2-c2ccc(C)nn2)cc1N(C(C(=O)O)C(C)(C)C)S(=O)(=O)c1cc(Cl)cc(Cl)c1. The first kappa shape index (κ1) is 27.9. The summed E-state index contributed by atoms with van der Waals surface area (Å²) in [5.41, 5.74) is 1.51. The number of anilines is 1. The number of hydrogen-bond acceptors (Lipinski definition) is 5. The number of carboxylic acids is 1. The highest BCUT2D eigenvalue weighted by Crippen LogP contribution is 2.39. The van der Waals surface area contributed by atoms with Crippen LogP contribution in [0.5, 0.6) is 0 Å². The summed E-state index contributed by atoms with van der Waals surface area (Å²) >= 11 is 12.3. The normalized spacial score (nSPS) is 13.0. The zero-order chi connectivity index (χ0) is 28.0. The molecule has 2 heterocycles. The summed E-state index contributed by atoms with van der Waals surface area (Å²) in [6.07, 6.45) is 2.26. The van der Waals surface area contributed by atoms with Crippen molar-refractivity contribution >= 4 is 55.8 Å². The van der Waals surface area contributed by atoms with Crippen molar-refractivity contribution < 1.29 is 18.3 Å². The molecule has 1 atom stereocenters. The maximum Gasteiger partial charge on any atom is 0.328 e. The van der Waals surface area contributed by atoms with Gasteiger partial charge in [-0.05, 0) is 72.9 Å². The van der Waals surface area contributed by atoms with Crippen LogP contribution in [-0.2, 0) is 21.2 Å². The van der Waals surface area contributed by atoms with Crippen LogP contribution in [0.25, 0.3) is 16.7 Å². The Morgan fingerprint density at radius 3 is 2.24 bits per heavy atom. The van der Waals surface area contributed by atoms with Crippen molar-refractivity contribution in [2.24, 2.45) is 5.41 Å². The second kappa shape index (κ2) is 10.2. The fraction of sp³-hybridized carbons (Fsp3) is 0.296. The molecule has 0 spiro atoms. The summed E-state index contributed by atoms with van der Waals surface area (Å²) < 4.78 is 31.3. The van der Waals surface area contributed by atoms with Crippen LogP contribution in [-0.4, -0.2) is 40.3 Å². The molecular weight excluding hydrogens is 547 g/mol. The molecule has 1 N–H and O–H groups in total. The second-order valence-corrected chi connectivity index (χ2v) is 12.8. The van der Waals surface area contributed by atoms with Gasteiger partial charge in [-0.25, -0.2) is 13.2 Å². The highest BCUT2D eigenvalue weighted by atomic mass is 35.5. The van der Waals surface area contributed by atoms with Crippen LogP contribution in [0.3, 0.4) is 0 Å². The van der Waals surface area contributed by atoms with Crippen molar-refractivity contribution in [2.75, 3.05) is 4.31 Å². The molecule has 200 valence electrons. The Kier molecular flexibility index (Phi) is 7.49. The van der Waals surface area contributed by atoms with Gasteiger partial charge in [-0.2, -0.15) is 5.10 Å². The predicted molar refractivity (Wildman–Crippen MR) is 150 cm³/mol. The van der Waals surface area contributed by atoms with E-state index in [9.17, 15) is 18.3 Å². The lowest BCUT2D eigenvalue weighted by molar-refractivity contribution is -0.140. The standard InChI is InChI=1S/C27H28Cl2N4O4S/c1-6-17-11-22-18(9-10-32(22)24-8-7-16(2)30-31-24)12-23(17)33(25(26(34)35)27(3,4)5)38(36,37)21-14-19(28)13-20(29)15-21/h7-15,25H,6H2,1-5H3,(H,34,35). The molecule has 0 amide bonds. The topological polar surface area (TPSA) is 105 Å². The predicted octanol–water partition coefficient (Wildman–Crippen LogP) is 6.29. The van der Waals surface area contributed by atoms with E-state index < -0.39 is 27.4 Å². The van der Waals surface area contributed by atoms with Crippen LogP contribution in [0.15, 0.2) is 59.6 Å². The van der Waals surface area contributed by atoms with E-state index >= 15 is 0 Å². The van der Waals surface area contributed by atoms with Crippen molar-refractivity contribution in [2.45, 2.75) is 52.0 Å². The van der Waals surface area contributed by atoms with Gasteiger partial charge in [0.25, 0.3) is 10.0 Å². The number of aromatic nitrogens is 3. The largest absolute Gasteiger partial charge is 0.480 e. The summed E-state index contributed by atoms with van der Waals surface area (Å²) in [6.45, 7) is 8.81. The number of carbonyl (C=O) groups is 1. The second-order valence-electron chi connectivity index (χ2n) is 10.1. The summed E-state index contributed by atoms with van der Waals surface area (Å²) in [5.74, 6) is -0.666. The minimum Gasteiger partial charge on any atom is -0.480 e. The molecule has 4 rings (SSSR count). The van der Waals surface area contributed by atoms with Crippen LogP contribution in [0.2, 0.25) is 10.0 Å². The maximum absolute atomic E-state index is 14.2. The number of benzene rings is 2. The van der Waals surface area contributed by atoms with Gasteiger partial charge >= 0.3 is 5.97 Å². The number of rotatable bonds is 7. The first-order chi connectivity index (χ1) is 17.7. The van der Waals surface area contributed by atoms with Gasteiger partial charge in [-0.1, -0.05) is 50.9 Å². The molecule has 0 aliphatic rings. The number of sulfonamides is 1. The smallest absolute Gasteiger partial charge is 0.328 e. The van der Waals surface area contributed by atoms with Crippen LogP contribution in [0, 0.1) is 12.3 Å². The van der Waals surface area contributed by atoms with Gasteiger partial charge < -0.3 is 5.11 Å². The van der Waals surface area contributed by atoms with Crippen LogP contribution in [0.1, 0.15) is 39.0 Å². The molecule has 38 heavy (non-hydrogen) atoms. The molecule has 0 aliphatic carbocycles. The Morgan fingerprint density at radius 1 is 1.05 bits per heavy atom. The number of hydrogen-bond donors (Lipinski definition) is 1. The lowest BCUT2D eigenvalue weighted by atomic mass is 9.86. The summed E-state index contributed by atoms with van der Waals surface area (Å²) in [5, 5.41) is 19.7. The van der Waals surface area contributed by atoms with E-state index in [4.69, 9.17) is 23.2 Å². The Balaban J connectivity index is 2.02. The maximum atomic E-state index is 14.2. The van der Waals surface area contributed by atoms with Crippen molar-refractivity contribution in [3.05, 3.63) is 76.0 Å². The van der Waals surface area contributed by atoms with E-state index in [-0.39, 0.29) is 20.6 Å². The van der Waals surface area contributed by atoms with Gasteiger partial charge in [0.2, 0.25) is 0 Å². The Morgan fingerprint density at radius 2 is 1.71 bits per heavy atom. The lowest BCUT2D eigenvalue weighted by Gasteiger charge is -2.38. The average Bonchev–Trinajstić information content (AvgIpc) is 3.23. The fourth-order valence-corrected chi connectivity index (χ4v) is 6.99. The van der Waals surface area contributed by atoms with Gasteiger partial charge in [0.15, 0.2) is 5.82 Å². The van der Waals surface area contributed by atoms with E-state index in [2.05, 4.69) is 10.2 Å². The Bertz CT molecular complexity index is 1610. The molecule has 0 fully saturated rings. The highest BCUT2D eigenvalue weighted by molar-refractivity contribution is 7.93. The van der Waals surface area contributed by atoms with Gasteiger partial charge in [-0.15, -0.1) is 5.10 Å². The van der Waals surface area contributed by atoms with Gasteiger partial charge in [0, 0.05) is 21.6 Å². The number of carboxylic acid groups (broad SMARTS) is 1. The van der Waals surface area contributed by atoms with E-state index in [0.717, 1.165) is 15.5 Å². The number of fused-ring (bicyclic) bond motifs is 1. The molecule has 2 aromatic carbocycles. The Labute approximate surface area is 231 Å². The molecule has 0 saturated heterocycles. The van der Waals surface area contributed by atoms with Crippen molar-refractivity contribution in [3.63, 3.8) is 0 Å².